The largest absolute Gasteiger partial charge is 0.309 e. The Morgan fingerprint density at radius 2 is 2.16 bits per heavy atom. The Hall–Kier alpha value is -0.810. The fourth-order valence-corrected chi connectivity index (χ4v) is 3.52. The number of rotatable bonds is 8. The lowest BCUT2D eigenvalue weighted by Crippen LogP contribution is -1.99. The predicted molar refractivity (Wildman–Crippen MR) is 83.0 cm³/mol. The molecule has 0 atom stereocenters. The van der Waals surface area contributed by atoms with E-state index in [9.17, 15) is 0 Å². The van der Waals surface area contributed by atoms with E-state index in [1.54, 1.807) is 11.3 Å². The van der Waals surface area contributed by atoms with Gasteiger partial charge in [-0.3, -0.25) is 0 Å². The predicted octanol–water partition coefficient (Wildman–Crippen LogP) is 4.14. The third-order valence-electron chi connectivity index (χ3n) is 3.07. The van der Waals surface area contributed by atoms with E-state index in [0.29, 0.717) is 0 Å². The first-order chi connectivity index (χ1) is 9.31. The minimum atomic E-state index is 0.886. The molecule has 0 amide bonds. The highest BCUT2D eigenvalue weighted by Crippen LogP contribution is 2.20. The summed E-state index contributed by atoms with van der Waals surface area (Å²) in [6.07, 6.45) is 6.11. The molecule has 19 heavy (non-hydrogen) atoms. The van der Waals surface area contributed by atoms with Crippen LogP contribution >= 0.6 is 23.1 Å². The molecule has 0 fully saturated rings. The second kappa shape index (κ2) is 7.70. The third-order valence-corrected chi connectivity index (χ3v) is 5.05. The average Bonchev–Trinajstić information content (AvgIpc) is 3.03. The van der Waals surface area contributed by atoms with Crippen molar-refractivity contribution in [1.82, 2.24) is 14.8 Å². The van der Waals surface area contributed by atoms with Crippen LogP contribution in [0.5, 0.6) is 0 Å². The van der Waals surface area contributed by atoms with Crippen molar-refractivity contribution in [2.45, 2.75) is 44.2 Å². The molecule has 2 heterocycles. The summed E-state index contributed by atoms with van der Waals surface area (Å²) in [6, 6.07) is 4.23. The molecule has 0 saturated heterocycles. The summed E-state index contributed by atoms with van der Waals surface area (Å²) in [5, 5.41) is 11.7. The molecule has 2 aromatic heterocycles. The van der Waals surface area contributed by atoms with Gasteiger partial charge in [0.25, 0.3) is 0 Å². The van der Waals surface area contributed by atoms with Gasteiger partial charge in [0.1, 0.15) is 5.82 Å². The summed E-state index contributed by atoms with van der Waals surface area (Å²) in [4.78, 5) is 1.34. The van der Waals surface area contributed by atoms with Crippen LogP contribution in [0.1, 0.15) is 43.3 Å². The Labute approximate surface area is 123 Å². The molecule has 3 nitrogen and oxygen atoms in total. The molecule has 104 valence electrons. The summed E-state index contributed by atoms with van der Waals surface area (Å²) >= 11 is 3.60. The van der Waals surface area contributed by atoms with Crippen molar-refractivity contribution in [2.75, 3.05) is 5.75 Å². The van der Waals surface area contributed by atoms with Crippen molar-refractivity contribution in [3.05, 3.63) is 28.2 Å². The van der Waals surface area contributed by atoms with Gasteiger partial charge in [-0.15, -0.1) is 21.5 Å². The molecular weight excluding hydrogens is 274 g/mol. The molecule has 0 aromatic carbocycles. The van der Waals surface area contributed by atoms with Gasteiger partial charge in [0.05, 0.1) is 0 Å². The Morgan fingerprint density at radius 3 is 2.89 bits per heavy atom. The molecule has 0 aliphatic carbocycles. The Balaban J connectivity index is 1.84. The van der Waals surface area contributed by atoms with E-state index in [0.717, 1.165) is 23.2 Å². The van der Waals surface area contributed by atoms with Crippen LogP contribution in [-0.2, 0) is 13.5 Å². The fraction of sp³-hybridized carbons (Fsp3) is 0.571. The van der Waals surface area contributed by atoms with Gasteiger partial charge in [-0.1, -0.05) is 44.0 Å². The van der Waals surface area contributed by atoms with E-state index < -0.39 is 0 Å². The number of hydrogen-bond acceptors (Lipinski definition) is 4. The molecule has 0 aliphatic heterocycles. The Morgan fingerprint density at radius 1 is 1.26 bits per heavy atom. The molecule has 0 bridgehead atoms. The van der Waals surface area contributed by atoms with Gasteiger partial charge in [0, 0.05) is 24.1 Å². The zero-order chi connectivity index (χ0) is 13.5. The van der Waals surface area contributed by atoms with Crippen LogP contribution in [0, 0.1) is 0 Å². The summed E-state index contributed by atoms with van der Waals surface area (Å²) in [7, 11) is 2.07. The maximum Gasteiger partial charge on any atom is 0.190 e. The second-order valence-electron chi connectivity index (χ2n) is 4.62. The summed E-state index contributed by atoms with van der Waals surface area (Å²) in [5.41, 5.74) is 0. The van der Waals surface area contributed by atoms with Crippen molar-refractivity contribution < 1.29 is 0 Å². The number of hydrogen-bond donors (Lipinski definition) is 0. The van der Waals surface area contributed by atoms with Crippen LogP contribution in [0.15, 0.2) is 22.7 Å². The van der Waals surface area contributed by atoms with Gasteiger partial charge in [0.2, 0.25) is 0 Å². The van der Waals surface area contributed by atoms with E-state index in [2.05, 4.69) is 46.2 Å². The van der Waals surface area contributed by atoms with E-state index in [-0.39, 0.29) is 0 Å². The van der Waals surface area contributed by atoms with Crippen LogP contribution in [0.4, 0.5) is 0 Å². The van der Waals surface area contributed by atoms with Crippen LogP contribution in [0.2, 0.25) is 0 Å². The normalized spacial score (nSPS) is 11.1. The van der Waals surface area contributed by atoms with E-state index in [1.807, 2.05) is 11.8 Å². The summed E-state index contributed by atoms with van der Waals surface area (Å²) in [5.74, 6) is 2.20. The lowest BCUT2D eigenvalue weighted by atomic mass is 10.2. The lowest BCUT2D eigenvalue weighted by molar-refractivity contribution is 0.703. The number of nitrogens with zero attached hydrogens (tertiary/aromatic N) is 3. The monoisotopic (exact) mass is 295 g/mol. The molecule has 0 aliphatic rings. The van der Waals surface area contributed by atoms with Crippen LogP contribution < -0.4 is 0 Å². The molecule has 2 aromatic rings. The Kier molecular flexibility index (Phi) is 5.92. The van der Waals surface area contributed by atoms with E-state index in [1.165, 1.54) is 30.6 Å². The highest BCUT2D eigenvalue weighted by Gasteiger charge is 2.09. The molecular formula is C14H21N3S2. The Bertz CT molecular complexity index is 477. The molecule has 0 spiro atoms. The van der Waals surface area contributed by atoms with E-state index in [4.69, 9.17) is 0 Å². The van der Waals surface area contributed by atoms with Crippen molar-refractivity contribution >= 4 is 23.1 Å². The van der Waals surface area contributed by atoms with Crippen LogP contribution in [0.3, 0.4) is 0 Å². The standard InChI is InChI=1S/C14H21N3S2/c1-3-4-5-6-9-19-14-16-15-13(17(14)2)11-12-8-7-10-18-12/h7-8,10H,3-6,9,11H2,1-2H3. The smallest absolute Gasteiger partial charge is 0.190 e. The van der Waals surface area contributed by atoms with Crippen molar-refractivity contribution in [1.29, 1.82) is 0 Å². The average molecular weight is 295 g/mol. The molecule has 2 rings (SSSR count). The minimum absolute atomic E-state index is 0.886. The highest BCUT2D eigenvalue weighted by atomic mass is 32.2. The number of thioether (sulfide) groups is 1. The highest BCUT2D eigenvalue weighted by molar-refractivity contribution is 7.99. The zero-order valence-corrected chi connectivity index (χ0v) is 13.3. The summed E-state index contributed by atoms with van der Waals surface area (Å²) < 4.78 is 2.13. The maximum atomic E-state index is 4.30. The molecule has 5 heteroatoms. The van der Waals surface area contributed by atoms with Gasteiger partial charge in [-0.05, 0) is 17.9 Å². The number of unbranched alkanes of at least 4 members (excludes halogenated alkanes) is 3. The first-order valence-corrected chi connectivity index (χ1v) is 8.71. The van der Waals surface area contributed by atoms with Gasteiger partial charge >= 0.3 is 0 Å². The topological polar surface area (TPSA) is 30.7 Å². The first-order valence-electron chi connectivity index (χ1n) is 6.84. The van der Waals surface area contributed by atoms with Gasteiger partial charge in [-0.25, -0.2) is 0 Å². The lowest BCUT2D eigenvalue weighted by Gasteiger charge is -2.03. The summed E-state index contributed by atoms with van der Waals surface area (Å²) in [6.45, 7) is 2.24. The quantitative estimate of drug-likeness (QED) is 0.541. The van der Waals surface area contributed by atoms with Crippen LogP contribution in [-0.4, -0.2) is 20.5 Å². The second-order valence-corrected chi connectivity index (χ2v) is 6.72. The first kappa shape index (κ1) is 14.6. The molecule has 0 saturated carbocycles. The van der Waals surface area contributed by atoms with Crippen molar-refractivity contribution in [3.63, 3.8) is 0 Å². The van der Waals surface area contributed by atoms with Gasteiger partial charge < -0.3 is 4.57 Å². The van der Waals surface area contributed by atoms with E-state index >= 15 is 0 Å². The van der Waals surface area contributed by atoms with Crippen molar-refractivity contribution in [3.8, 4) is 0 Å². The maximum absolute atomic E-state index is 4.30. The zero-order valence-electron chi connectivity index (χ0n) is 11.6. The molecule has 0 radical (unpaired) electrons. The number of thiophene rings is 1. The van der Waals surface area contributed by atoms with Crippen molar-refractivity contribution in [2.24, 2.45) is 7.05 Å². The molecule has 0 N–H and O–H groups in total. The van der Waals surface area contributed by atoms with Gasteiger partial charge in [0.15, 0.2) is 5.16 Å². The third kappa shape index (κ3) is 4.35. The number of aromatic nitrogens is 3. The minimum Gasteiger partial charge on any atom is -0.309 e. The fourth-order valence-electron chi connectivity index (χ4n) is 1.89. The SMILES string of the molecule is CCCCCCSc1nnc(Cc2cccs2)n1C. The van der Waals surface area contributed by atoms with Crippen LogP contribution in [0.25, 0.3) is 0 Å². The van der Waals surface area contributed by atoms with Gasteiger partial charge in [-0.2, -0.15) is 0 Å². The molecule has 0 unspecified atom stereocenters.